The largest absolute Gasteiger partial charge is 0.439 e. The van der Waals surface area contributed by atoms with Crippen molar-refractivity contribution in [2.45, 2.75) is 6.54 Å². The molecule has 0 aliphatic heterocycles. The minimum atomic E-state index is -0.552. The third kappa shape index (κ3) is 3.52. The zero-order valence-corrected chi connectivity index (χ0v) is 16.1. The average molecular weight is 399 g/mol. The van der Waals surface area contributed by atoms with Gasteiger partial charge in [0.25, 0.3) is 0 Å². The van der Waals surface area contributed by atoms with Gasteiger partial charge < -0.3 is 10.5 Å². The van der Waals surface area contributed by atoms with Crippen molar-refractivity contribution in [1.29, 1.82) is 5.26 Å². The normalized spacial score (nSPS) is 10.7. The lowest BCUT2D eigenvalue weighted by Gasteiger charge is -2.07. The summed E-state index contributed by atoms with van der Waals surface area (Å²) in [5.41, 5.74) is 8.11. The van der Waals surface area contributed by atoms with Crippen LogP contribution in [0.4, 0.5) is 0 Å². The summed E-state index contributed by atoms with van der Waals surface area (Å²) in [6.07, 6.45) is 1.62. The minimum absolute atomic E-state index is 0.208. The number of amides is 1. The summed E-state index contributed by atoms with van der Waals surface area (Å²) in [7, 11) is 1.68. The van der Waals surface area contributed by atoms with Gasteiger partial charge in [-0.05, 0) is 42.0 Å². The van der Waals surface area contributed by atoms with Crippen LogP contribution < -0.4 is 16.2 Å². The quantitative estimate of drug-likeness (QED) is 0.554. The van der Waals surface area contributed by atoms with E-state index in [9.17, 15) is 9.59 Å². The van der Waals surface area contributed by atoms with Crippen molar-refractivity contribution in [3.05, 3.63) is 88.0 Å². The molecule has 0 fully saturated rings. The van der Waals surface area contributed by atoms with Crippen molar-refractivity contribution >= 4 is 16.9 Å². The number of benzene rings is 2. The van der Waals surface area contributed by atoms with E-state index in [4.69, 9.17) is 15.7 Å². The summed E-state index contributed by atoms with van der Waals surface area (Å²) in [5.74, 6) is 0.331. The SMILES string of the molecule is Cn1c(=O)n(Cc2ccc(Oc3cccc(C#N)c3)nc2)c2cc(C(N)=O)ccc21. The maximum absolute atomic E-state index is 12.7. The van der Waals surface area contributed by atoms with Crippen LogP contribution in [0, 0.1) is 11.3 Å². The molecule has 8 heteroatoms. The predicted molar refractivity (Wildman–Crippen MR) is 110 cm³/mol. The first-order valence-corrected chi connectivity index (χ1v) is 9.08. The van der Waals surface area contributed by atoms with Gasteiger partial charge >= 0.3 is 5.69 Å². The third-order valence-corrected chi connectivity index (χ3v) is 4.75. The lowest BCUT2D eigenvalue weighted by atomic mass is 10.2. The molecular formula is C22H17N5O3. The molecule has 0 spiro atoms. The van der Waals surface area contributed by atoms with Crippen LogP contribution in [0.1, 0.15) is 21.5 Å². The molecule has 0 saturated heterocycles. The van der Waals surface area contributed by atoms with Crippen LogP contribution in [0.15, 0.2) is 65.6 Å². The molecule has 0 aliphatic rings. The minimum Gasteiger partial charge on any atom is -0.439 e. The van der Waals surface area contributed by atoms with Crippen LogP contribution in [0.2, 0.25) is 0 Å². The molecule has 0 radical (unpaired) electrons. The number of fused-ring (bicyclic) bond motifs is 1. The van der Waals surface area contributed by atoms with E-state index in [0.29, 0.717) is 33.8 Å². The number of nitriles is 1. The van der Waals surface area contributed by atoms with E-state index < -0.39 is 5.91 Å². The number of hydrogen-bond acceptors (Lipinski definition) is 5. The molecule has 0 aliphatic carbocycles. The summed E-state index contributed by atoms with van der Waals surface area (Å²) in [6, 6.07) is 17.3. The molecule has 2 N–H and O–H groups in total. The number of nitrogens with two attached hydrogens (primary N) is 1. The van der Waals surface area contributed by atoms with Gasteiger partial charge in [-0.2, -0.15) is 5.26 Å². The monoisotopic (exact) mass is 399 g/mol. The van der Waals surface area contributed by atoms with E-state index in [-0.39, 0.29) is 12.2 Å². The molecule has 4 rings (SSSR count). The number of primary amides is 1. The number of hydrogen-bond donors (Lipinski definition) is 1. The zero-order chi connectivity index (χ0) is 21.3. The summed E-state index contributed by atoms with van der Waals surface area (Å²) < 4.78 is 8.77. The van der Waals surface area contributed by atoms with Crippen LogP contribution in [0.5, 0.6) is 11.6 Å². The maximum atomic E-state index is 12.7. The molecule has 0 saturated carbocycles. The molecule has 148 valence electrons. The first-order valence-electron chi connectivity index (χ1n) is 9.08. The Balaban J connectivity index is 1.62. The van der Waals surface area contributed by atoms with Crippen LogP contribution in [-0.2, 0) is 13.6 Å². The number of carbonyl (C=O) groups excluding carboxylic acids is 1. The number of imidazole rings is 1. The first-order chi connectivity index (χ1) is 14.5. The molecule has 2 aromatic carbocycles. The van der Waals surface area contributed by atoms with Gasteiger partial charge in [-0.3, -0.25) is 13.9 Å². The number of aromatic nitrogens is 3. The highest BCUT2D eigenvalue weighted by Crippen LogP contribution is 2.21. The van der Waals surface area contributed by atoms with Crippen molar-refractivity contribution < 1.29 is 9.53 Å². The van der Waals surface area contributed by atoms with E-state index in [0.717, 1.165) is 5.56 Å². The highest BCUT2D eigenvalue weighted by atomic mass is 16.5. The molecule has 0 unspecified atom stereocenters. The van der Waals surface area contributed by atoms with Gasteiger partial charge in [0, 0.05) is 24.9 Å². The van der Waals surface area contributed by atoms with Crippen LogP contribution in [-0.4, -0.2) is 20.0 Å². The molecule has 30 heavy (non-hydrogen) atoms. The third-order valence-electron chi connectivity index (χ3n) is 4.75. The van der Waals surface area contributed by atoms with Crippen molar-refractivity contribution in [1.82, 2.24) is 14.1 Å². The highest BCUT2D eigenvalue weighted by Gasteiger charge is 2.13. The van der Waals surface area contributed by atoms with Gasteiger partial charge in [0.15, 0.2) is 0 Å². The average Bonchev–Trinajstić information content (AvgIpc) is 2.99. The zero-order valence-electron chi connectivity index (χ0n) is 16.1. The van der Waals surface area contributed by atoms with Crippen LogP contribution >= 0.6 is 0 Å². The number of pyridine rings is 1. The second-order valence-corrected chi connectivity index (χ2v) is 6.74. The summed E-state index contributed by atoms with van der Waals surface area (Å²) in [6.45, 7) is 0.273. The van der Waals surface area contributed by atoms with Gasteiger partial charge in [-0.15, -0.1) is 0 Å². The van der Waals surface area contributed by atoms with Crippen molar-refractivity contribution in [3.63, 3.8) is 0 Å². The topological polar surface area (TPSA) is 116 Å². The fraction of sp³-hybridized carbons (Fsp3) is 0.0909. The number of rotatable bonds is 5. The van der Waals surface area contributed by atoms with E-state index in [1.807, 2.05) is 0 Å². The van der Waals surface area contributed by atoms with Gasteiger partial charge in [0.2, 0.25) is 11.8 Å². The van der Waals surface area contributed by atoms with Crippen molar-refractivity contribution in [2.24, 2.45) is 12.8 Å². The molecule has 4 aromatic rings. The van der Waals surface area contributed by atoms with Crippen molar-refractivity contribution in [3.8, 4) is 17.7 Å². The Kier molecular flexibility index (Phi) is 4.78. The van der Waals surface area contributed by atoms with Gasteiger partial charge in [-0.25, -0.2) is 9.78 Å². The van der Waals surface area contributed by atoms with Crippen LogP contribution in [0.25, 0.3) is 11.0 Å². The van der Waals surface area contributed by atoms with Gasteiger partial charge in [0.1, 0.15) is 5.75 Å². The second-order valence-electron chi connectivity index (χ2n) is 6.74. The Labute approximate surface area is 171 Å². The summed E-state index contributed by atoms with van der Waals surface area (Å²) in [4.78, 5) is 28.5. The Morgan fingerprint density at radius 3 is 2.70 bits per heavy atom. The Morgan fingerprint density at radius 2 is 2.00 bits per heavy atom. The fourth-order valence-corrected chi connectivity index (χ4v) is 3.21. The molecule has 0 bridgehead atoms. The summed E-state index contributed by atoms with van der Waals surface area (Å²) in [5, 5.41) is 8.98. The molecule has 2 heterocycles. The van der Waals surface area contributed by atoms with Crippen molar-refractivity contribution in [2.75, 3.05) is 0 Å². The molecule has 1 amide bonds. The molecule has 8 nitrogen and oxygen atoms in total. The lowest BCUT2D eigenvalue weighted by molar-refractivity contribution is 0.100. The molecular weight excluding hydrogens is 382 g/mol. The lowest BCUT2D eigenvalue weighted by Crippen LogP contribution is -2.22. The Bertz CT molecular complexity index is 1360. The fourth-order valence-electron chi connectivity index (χ4n) is 3.21. The Hall–Kier alpha value is -4.38. The first kappa shape index (κ1) is 19.0. The van der Waals surface area contributed by atoms with E-state index in [2.05, 4.69) is 11.1 Å². The number of ether oxygens (including phenoxy) is 1. The van der Waals surface area contributed by atoms with E-state index in [1.165, 1.54) is 4.57 Å². The maximum Gasteiger partial charge on any atom is 0.329 e. The standard InChI is InChI=1S/C22H17N5O3/c1-26-18-7-6-16(21(24)28)10-19(18)27(22(26)29)13-15-5-8-20(25-12-15)30-17-4-2-3-14(9-17)11-23/h2-10,12H,13H2,1H3,(H2,24,28). The molecule has 0 atom stereocenters. The van der Waals surface area contributed by atoms with Gasteiger partial charge in [0.05, 0.1) is 29.2 Å². The van der Waals surface area contributed by atoms with Crippen LogP contribution in [0.3, 0.4) is 0 Å². The smallest absolute Gasteiger partial charge is 0.329 e. The second kappa shape index (κ2) is 7.56. The number of carbonyl (C=O) groups is 1. The number of aryl methyl sites for hydroxylation is 1. The number of nitrogens with zero attached hydrogens (tertiary/aromatic N) is 4. The van der Waals surface area contributed by atoms with Gasteiger partial charge in [-0.1, -0.05) is 12.1 Å². The summed E-state index contributed by atoms with van der Waals surface area (Å²) >= 11 is 0. The predicted octanol–water partition coefficient (Wildman–Crippen LogP) is 2.55. The van der Waals surface area contributed by atoms with E-state index in [1.54, 1.807) is 72.4 Å². The highest BCUT2D eigenvalue weighted by molar-refractivity contribution is 5.96. The van der Waals surface area contributed by atoms with E-state index >= 15 is 0 Å². The Morgan fingerprint density at radius 1 is 1.17 bits per heavy atom. The molecule has 2 aromatic heterocycles.